The smallest absolute Gasteiger partial charge is 0.441 e. The number of esters is 1. The van der Waals surface area contributed by atoms with E-state index >= 15 is 0 Å². The average molecular weight is 240 g/mol. The van der Waals surface area contributed by atoms with Crippen LogP contribution in [0.25, 0.3) is 5.53 Å². The Labute approximate surface area is 102 Å². The fraction of sp³-hybridized carbons (Fsp3) is 0.750. The highest BCUT2D eigenvalue weighted by atomic mass is 16.5. The van der Waals surface area contributed by atoms with Gasteiger partial charge in [0.15, 0.2) is 0 Å². The van der Waals surface area contributed by atoms with Gasteiger partial charge in [0.05, 0.1) is 6.61 Å². The lowest BCUT2D eigenvalue weighted by Gasteiger charge is -2.12. The van der Waals surface area contributed by atoms with E-state index in [4.69, 9.17) is 5.53 Å². The van der Waals surface area contributed by atoms with Crippen molar-refractivity contribution in [2.45, 2.75) is 40.5 Å². The summed E-state index contributed by atoms with van der Waals surface area (Å²) in [6.07, 6.45) is 1.27. The summed E-state index contributed by atoms with van der Waals surface area (Å²) in [7, 11) is 0. The molecule has 1 unspecified atom stereocenters. The third kappa shape index (κ3) is 4.91. The normalized spacial score (nSPS) is 11.8. The van der Waals surface area contributed by atoms with Gasteiger partial charge in [0.25, 0.3) is 5.78 Å². The molecule has 0 aliphatic rings. The third-order valence-electron chi connectivity index (χ3n) is 2.42. The third-order valence-corrected chi connectivity index (χ3v) is 2.42. The minimum Gasteiger partial charge on any atom is -0.457 e. The molecule has 0 fully saturated rings. The van der Waals surface area contributed by atoms with Gasteiger partial charge in [-0.25, -0.2) is 4.79 Å². The van der Waals surface area contributed by atoms with Crippen LogP contribution in [0.4, 0.5) is 0 Å². The van der Waals surface area contributed by atoms with Gasteiger partial charge in [0.2, 0.25) is 0 Å². The monoisotopic (exact) mass is 240 g/mol. The maximum Gasteiger partial charge on any atom is 0.441 e. The zero-order valence-corrected chi connectivity index (χ0v) is 10.9. The Kier molecular flexibility index (Phi) is 7.06. The van der Waals surface area contributed by atoms with Gasteiger partial charge in [-0.15, -0.1) is 0 Å². The second kappa shape index (κ2) is 7.74. The molecule has 5 heteroatoms. The van der Waals surface area contributed by atoms with Crippen LogP contribution in [0.5, 0.6) is 0 Å². The molecule has 0 aliphatic heterocycles. The van der Waals surface area contributed by atoms with E-state index in [-0.39, 0.29) is 12.5 Å². The highest BCUT2D eigenvalue weighted by Crippen LogP contribution is 2.16. The lowest BCUT2D eigenvalue weighted by Crippen LogP contribution is -2.33. The quantitative estimate of drug-likeness (QED) is 0.224. The number of rotatable bonds is 7. The summed E-state index contributed by atoms with van der Waals surface area (Å²) < 4.78 is 4.67. The van der Waals surface area contributed by atoms with Crippen molar-refractivity contribution in [1.82, 2.24) is 0 Å². The maximum absolute atomic E-state index is 12.0. The Morgan fingerprint density at radius 2 is 1.88 bits per heavy atom. The van der Waals surface area contributed by atoms with Gasteiger partial charge in [-0.05, 0) is 25.7 Å². The van der Waals surface area contributed by atoms with Crippen LogP contribution in [-0.2, 0) is 14.3 Å². The summed E-state index contributed by atoms with van der Waals surface area (Å²) in [6, 6.07) is 0. The lowest BCUT2D eigenvalue weighted by atomic mass is 9.89. The molecule has 1 atom stereocenters. The first-order valence-corrected chi connectivity index (χ1v) is 5.91. The molecule has 0 aromatic carbocycles. The first-order valence-electron chi connectivity index (χ1n) is 5.91. The number of hydrogen-bond acceptors (Lipinski definition) is 3. The SMILES string of the molecule is CCOC(=O)C(=[N+]=[N-])C(=O)C(CC)CC(C)C. The van der Waals surface area contributed by atoms with E-state index in [0.29, 0.717) is 18.8 Å². The molecule has 0 rings (SSSR count). The molecule has 0 aromatic heterocycles. The fourth-order valence-corrected chi connectivity index (χ4v) is 1.61. The van der Waals surface area contributed by atoms with Crippen LogP contribution in [0, 0.1) is 11.8 Å². The minimum atomic E-state index is -0.859. The molecule has 0 N–H and O–H groups in total. The summed E-state index contributed by atoms with van der Waals surface area (Å²) in [6.45, 7) is 7.63. The second-order valence-electron chi connectivity index (χ2n) is 4.27. The van der Waals surface area contributed by atoms with Crippen LogP contribution in [0.1, 0.15) is 40.5 Å². The molecule has 0 spiro atoms. The first-order chi connectivity index (χ1) is 7.97. The molecule has 0 saturated heterocycles. The van der Waals surface area contributed by atoms with Gasteiger partial charge in [0.1, 0.15) is 0 Å². The minimum absolute atomic E-state index is 0.145. The molecule has 0 saturated carbocycles. The van der Waals surface area contributed by atoms with E-state index in [1.165, 1.54) is 0 Å². The molecular weight excluding hydrogens is 220 g/mol. The lowest BCUT2D eigenvalue weighted by molar-refractivity contribution is -0.142. The molecule has 0 aliphatic carbocycles. The van der Waals surface area contributed by atoms with Crippen molar-refractivity contribution in [3.8, 4) is 0 Å². The Bertz CT molecular complexity index is 331. The van der Waals surface area contributed by atoms with Crippen molar-refractivity contribution in [3.05, 3.63) is 5.53 Å². The van der Waals surface area contributed by atoms with E-state index in [0.717, 1.165) is 0 Å². The number of carbonyl (C=O) groups excluding carboxylic acids is 2. The van der Waals surface area contributed by atoms with Crippen molar-refractivity contribution >= 4 is 17.5 Å². The number of Topliss-reactive ketones (excluding diaryl/α,β-unsaturated/α-hetero) is 1. The molecule has 0 aromatic rings. The van der Waals surface area contributed by atoms with Gasteiger partial charge in [-0.1, -0.05) is 20.8 Å². The van der Waals surface area contributed by atoms with Crippen molar-refractivity contribution in [2.24, 2.45) is 11.8 Å². The van der Waals surface area contributed by atoms with Crippen LogP contribution in [-0.4, -0.2) is 28.9 Å². The Hall–Kier alpha value is -1.48. The number of carbonyl (C=O) groups is 2. The van der Waals surface area contributed by atoms with Gasteiger partial charge in [-0.2, -0.15) is 4.79 Å². The molecular formula is C12H20N2O3. The van der Waals surface area contributed by atoms with Crippen molar-refractivity contribution in [3.63, 3.8) is 0 Å². The highest BCUT2D eigenvalue weighted by molar-refractivity contribution is 6.62. The van der Waals surface area contributed by atoms with E-state index in [2.05, 4.69) is 9.53 Å². The van der Waals surface area contributed by atoms with E-state index < -0.39 is 17.5 Å². The van der Waals surface area contributed by atoms with Crippen LogP contribution >= 0.6 is 0 Å². The van der Waals surface area contributed by atoms with Gasteiger partial charge in [-0.3, -0.25) is 4.79 Å². The predicted molar refractivity (Wildman–Crippen MR) is 63.5 cm³/mol. The molecule has 5 nitrogen and oxygen atoms in total. The number of hydrogen-bond donors (Lipinski definition) is 0. The second-order valence-corrected chi connectivity index (χ2v) is 4.27. The van der Waals surface area contributed by atoms with E-state index in [1.54, 1.807) is 6.92 Å². The van der Waals surface area contributed by atoms with E-state index in [1.807, 2.05) is 20.8 Å². The number of ether oxygens (including phenoxy) is 1. The summed E-state index contributed by atoms with van der Waals surface area (Å²) >= 11 is 0. The van der Waals surface area contributed by atoms with Crippen molar-refractivity contribution in [2.75, 3.05) is 6.61 Å². The largest absolute Gasteiger partial charge is 0.457 e. The van der Waals surface area contributed by atoms with Gasteiger partial charge in [0, 0.05) is 5.92 Å². The first kappa shape index (κ1) is 15.5. The van der Waals surface area contributed by atoms with E-state index in [9.17, 15) is 9.59 Å². The summed E-state index contributed by atoms with van der Waals surface area (Å²) in [5, 5.41) is 0. The number of ketones is 1. The van der Waals surface area contributed by atoms with Gasteiger partial charge >= 0.3 is 11.7 Å². The zero-order chi connectivity index (χ0) is 13.4. The highest BCUT2D eigenvalue weighted by Gasteiger charge is 2.35. The summed E-state index contributed by atoms with van der Waals surface area (Å²) in [5.74, 6) is -1.26. The standard InChI is InChI=1S/C12H20N2O3/c1-5-9(7-8(3)4)11(15)10(14-13)12(16)17-6-2/h8-9H,5-7H2,1-4H3. The maximum atomic E-state index is 12.0. The Morgan fingerprint density at radius 3 is 2.24 bits per heavy atom. The average Bonchev–Trinajstić information content (AvgIpc) is 2.26. The Morgan fingerprint density at radius 1 is 1.29 bits per heavy atom. The molecule has 0 heterocycles. The van der Waals surface area contributed by atoms with Crippen LogP contribution < -0.4 is 0 Å². The van der Waals surface area contributed by atoms with Crippen LogP contribution in [0.15, 0.2) is 0 Å². The van der Waals surface area contributed by atoms with Gasteiger partial charge < -0.3 is 10.3 Å². The molecule has 0 bridgehead atoms. The number of nitrogens with zero attached hydrogens (tertiary/aromatic N) is 2. The molecule has 96 valence electrons. The topological polar surface area (TPSA) is 79.8 Å². The Balaban J connectivity index is 4.85. The predicted octanol–water partition coefficient (Wildman–Crippen LogP) is 1.86. The zero-order valence-electron chi connectivity index (χ0n) is 10.9. The molecule has 0 radical (unpaired) electrons. The molecule has 17 heavy (non-hydrogen) atoms. The fourth-order valence-electron chi connectivity index (χ4n) is 1.61. The summed E-state index contributed by atoms with van der Waals surface area (Å²) in [4.78, 5) is 26.1. The van der Waals surface area contributed by atoms with Crippen LogP contribution in [0.2, 0.25) is 0 Å². The summed E-state index contributed by atoms with van der Waals surface area (Å²) in [5.41, 5.74) is 8.24. The van der Waals surface area contributed by atoms with Crippen molar-refractivity contribution < 1.29 is 19.1 Å². The van der Waals surface area contributed by atoms with Crippen molar-refractivity contribution in [1.29, 1.82) is 0 Å². The molecule has 0 amide bonds. The van der Waals surface area contributed by atoms with Crippen LogP contribution in [0.3, 0.4) is 0 Å².